The molecule has 0 fully saturated rings. The molecule has 6 heteroatoms. The Morgan fingerprint density at radius 1 is 1.26 bits per heavy atom. The molecule has 2 aromatic rings. The number of methoxy groups -OCH3 is 1. The van der Waals surface area contributed by atoms with Crippen molar-refractivity contribution in [1.82, 2.24) is 9.97 Å². The molecule has 0 spiro atoms. The van der Waals surface area contributed by atoms with Gasteiger partial charge >= 0.3 is 0 Å². The van der Waals surface area contributed by atoms with Crippen LogP contribution in [-0.2, 0) is 11.3 Å². The van der Waals surface area contributed by atoms with Crippen LogP contribution in [0.25, 0.3) is 11.4 Å². The molecule has 0 atom stereocenters. The zero-order chi connectivity index (χ0) is 13.7. The number of nitrogens with two attached hydrogens (primary N) is 1. The molecule has 0 unspecified atom stereocenters. The number of benzene rings is 1. The lowest BCUT2D eigenvalue weighted by molar-refractivity contribution is 0.181. The normalized spacial score (nSPS) is 10.5. The maximum absolute atomic E-state index is 5.42. The molecule has 0 saturated heterocycles. The summed E-state index contributed by atoms with van der Waals surface area (Å²) in [5, 5.41) is 0. The SMILES string of the molecule is COCc1cc(NN)nc(-c2ccc(SC)cc2)n1. The summed E-state index contributed by atoms with van der Waals surface area (Å²) in [4.78, 5) is 10.0. The molecule has 1 aromatic carbocycles. The van der Waals surface area contributed by atoms with E-state index in [4.69, 9.17) is 10.6 Å². The van der Waals surface area contributed by atoms with Crippen LogP contribution in [0.1, 0.15) is 5.69 Å². The lowest BCUT2D eigenvalue weighted by Gasteiger charge is -2.07. The monoisotopic (exact) mass is 276 g/mol. The van der Waals surface area contributed by atoms with E-state index in [1.165, 1.54) is 4.90 Å². The molecule has 0 aliphatic heterocycles. The predicted octanol–water partition coefficient (Wildman–Crippen LogP) is 2.30. The fraction of sp³-hybridized carbons (Fsp3) is 0.231. The van der Waals surface area contributed by atoms with Gasteiger partial charge in [-0.3, -0.25) is 0 Å². The maximum atomic E-state index is 5.42. The summed E-state index contributed by atoms with van der Waals surface area (Å²) < 4.78 is 5.09. The van der Waals surface area contributed by atoms with Gasteiger partial charge < -0.3 is 10.2 Å². The van der Waals surface area contributed by atoms with Gasteiger partial charge in [-0.05, 0) is 18.4 Å². The summed E-state index contributed by atoms with van der Waals surface area (Å²) in [6, 6.07) is 9.85. The van der Waals surface area contributed by atoms with Crippen molar-refractivity contribution in [1.29, 1.82) is 0 Å². The molecule has 5 nitrogen and oxygen atoms in total. The van der Waals surface area contributed by atoms with E-state index in [-0.39, 0.29) is 0 Å². The number of hydrazine groups is 1. The van der Waals surface area contributed by atoms with Crippen molar-refractivity contribution in [2.45, 2.75) is 11.5 Å². The van der Waals surface area contributed by atoms with E-state index >= 15 is 0 Å². The Morgan fingerprint density at radius 2 is 2.00 bits per heavy atom. The van der Waals surface area contributed by atoms with Crippen LogP contribution in [0.3, 0.4) is 0 Å². The van der Waals surface area contributed by atoms with Gasteiger partial charge in [-0.1, -0.05) is 12.1 Å². The first-order chi connectivity index (χ1) is 9.26. The second-order valence-corrected chi connectivity index (χ2v) is 4.75. The van der Waals surface area contributed by atoms with Gasteiger partial charge in [0.1, 0.15) is 5.82 Å². The molecule has 3 N–H and O–H groups in total. The fourth-order valence-corrected chi connectivity index (χ4v) is 2.07. The molecule has 2 rings (SSSR count). The Kier molecular flexibility index (Phi) is 4.73. The Balaban J connectivity index is 2.38. The van der Waals surface area contributed by atoms with Gasteiger partial charge in [0.05, 0.1) is 12.3 Å². The van der Waals surface area contributed by atoms with E-state index in [0.29, 0.717) is 18.2 Å². The second-order valence-electron chi connectivity index (χ2n) is 3.87. The van der Waals surface area contributed by atoms with E-state index in [9.17, 15) is 0 Å². The molecule has 1 aromatic heterocycles. The van der Waals surface area contributed by atoms with Gasteiger partial charge in [0.2, 0.25) is 0 Å². The van der Waals surface area contributed by atoms with E-state index in [1.807, 2.05) is 30.5 Å². The number of nitrogens with one attached hydrogen (secondary N) is 1. The minimum atomic E-state index is 0.424. The van der Waals surface area contributed by atoms with Gasteiger partial charge in [0.15, 0.2) is 5.82 Å². The van der Waals surface area contributed by atoms with Crippen LogP contribution in [0.4, 0.5) is 5.82 Å². The highest BCUT2D eigenvalue weighted by molar-refractivity contribution is 7.98. The minimum Gasteiger partial charge on any atom is -0.378 e. The largest absolute Gasteiger partial charge is 0.378 e. The second kappa shape index (κ2) is 6.51. The smallest absolute Gasteiger partial charge is 0.161 e. The van der Waals surface area contributed by atoms with Crippen molar-refractivity contribution in [2.24, 2.45) is 5.84 Å². The number of thioether (sulfide) groups is 1. The van der Waals surface area contributed by atoms with Crippen LogP contribution in [-0.4, -0.2) is 23.3 Å². The number of hydrogen-bond acceptors (Lipinski definition) is 6. The molecular weight excluding hydrogens is 260 g/mol. The fourth-order valence-electron chi connectivity index (χ4n) is 1.66. The number of nitrogen functional groups attached to an aromatic ring is 1. The van der Waals surface area contributed by atoms with Crippen LogP contribution in [0.2, 0.25) is 0 Å². The van der Waals surface area contributed by atoms with Crippen LogP contribution in [0, 0.1) is 0 Å². The Bertz CT molecular complexity index is 545. The molecule has 0 saturated carbocycles. The number of ether oxygens (including phenoxy) is 1. The molecule has 0 amide bonds. The number of aromatic nitrogens is 2. The maximum Gasteiger partial charge on any atom is 0.161 e. The molecule has 0 bridgehead atoms. The van der Waals surface area contributed by atoms with Crippen molar-refractivity contribution >= 4 is 17.6 Å². The Hall–Kier alpha value is -1.63. The highest BCUT2D eigenvalue weighted by atomic mass is 32.2. The first-order valence-electron chi connectivity index (χ1n) is 5.74. The average molecular weight is 276 g/mol. The van der Waals surface area contributed by atoms with E-state index in [0.717, 1.165) is 11.3 Å². The van der Waals surface area contributed by atoms with Crippen LogP contribution in [0.15, 0.2) is 35.2 Å². The number of anilines is 1. The minimum absolute atomic E-state index is 0.424. The lowest BCUT2D eigenvalue weighted by Crippen LogP contribution is -2.10. The van der Waals surface area contributed by atoms with Gasteiger partial charge in [0.25, 0.3) is 0 Å². The number of hydrogen-bond donors (Lipinski definition) is 2. The summed E-state index contributed by atoms with van der Waals surface area (Å²) in [6.07, 6.45) is 2.04. The van der Waals surface area contributed by atoms with E-state index in [2.05, 4.69) is 15.4 Å². The Labute approximate surface area is 116 Å². The summed E-state index contributed by atoms with van der Waals surface area (Å²) in [6.45, 7) is 0.424. The van der Waals surface area contributed by atoms with Crippen molar-refractivity contribution < 1.29 is 4.74 Å². The van der Waals surface area contributed by atoms with Crippen LogP contribution < -0.4 is 11.3 Å². The third kappa shape index (κ3) is 3.44. The predicted molar refractivity (Wildman–Crippen MR) is 77.8 cm³/mol. The topological polar surface area (TPSA) is 73.1 Å². The molecule has 19 heavy (non-hydrogen) atoms. The van der Waals surface area contributed by atoms with E-state index < -0.39 is 0 Å². The van der Waals surface area contributed by atoms with Crippen molar-refractivity contribution in [3.05, 3.63) is 36.0 Å². The lowest BCUT2D eigenvalue weighted by atomic mass is 10.2. The number of nitrogens with zero attached hydrogens (tertiary/aromatic N) is 2. The average Bonchev–Trinajstić information content (AvgIpc) is 2.47. The van der Waals surface area contributed by atoms with Gasteiger partial charge in [-0.25, -0.2) is 15.8 Å². The third-order valence-electron chi connectivity index (χ3n) is 2.57. The van der Waals surface area contributed by atoms with Crippen LogP contribution >= 0.6 is 11.8 Å². The van der Waals surface area contributed by atoms with Crippen LogP contribution in [0.5, 0.6) is 0 Å². The first kappa shape index (κ1) is 13.8. The molecule has 0 radical (unpaired) electrons. The third-order valence-corrected chi connectivity index (χ3v) is 3.31. The van der Waals surface area contributed by atoms with Crippen molar-refractivity contribution in [2.75, 3.05) is 18.8 Å². The number of rotatable bonds is 5. The first-order valence-corrected chi connectivity index (χ1v) is 6.97. The van der Waals surface area contributed by atoms with Gasteiger partial charge in [-0.15, -0.1) is 11.8 Å². The summed E-state index contributed by atoms with van der Waals surface area (Å²) >= 11 is 1.70. The summed E-state index contributed by atoms with van der Waals surface area (Å²) in [5.74, 6) is 6.63. The zero-order valence-corrected chi connectivity index (χ0v) is 11.7. The summed E-state index contributed by atoms with van der Waals surface area (Å²) in [7, 11) is 1.63. The highest BCUT2D eigenvalue weighted by Gasteiger charge is 2.06. The van der Waals surface area contributed by atoms with Gasteiger partial charge in [-0.2, -0.15) is 0 Å². The zero-order valence-electron chi connectivity index (χ0n) is 10.9. The standard InChI is InChI=1S/C13H16N4OS/c1-18-8-10-7-12(17-14)16-13(15-10)9-3-5-11(19-2)6-4-9/h3-7H,8,14H2,1-2H3,(H,15,16,17). The molecular formula is C13H16N4OS. The highest BCUT2D eigenvalue weighted by Crippen LogP contribution is 2.22. The molecule has 1 heterocycles. The van der Waals surface area contributed by atoms with Gasteiger partial charge in [0, 0.05) is 23.6 Å². The quantitative estimate of drug-likeness (QED) is 0.496. The molecule has 0 aliphatic rings. The van der Waals surface area contributed by atoms with Crippen molar-refractivity contribution in [3.63, 3.8) is 0 Å². The molecule has 0 aliphatic carbocycles. The van der Waals surface area contributed by atoms with E-state index in [1.54, 1.807) is 24.9 Å². The van der Waals surface area contributed by atoms with Crippen molar-refractivity contribution in [3.8, 4) is 11.4 Å². The summed E-state index contributed by atoms with van der Waals surface area (Å²) in [5.41, 5.74) is 4.29. The molecule has 100 valence electrons. The Morgan fingerprint density at radius 3 is 2.58 bits per heavy atom.